The Morgan fingerprint density at radius 1 is 1.16 bits per heavy atom. The molecule has 4 heteroatoms. The summed E-state index contributed by atoms with van der Waals surface area (Å²) >= 11 is 0. The average molecular weight is 267 g/mol. The molecule has 1 N–H and O–H groups in total. The van der Waals surface area contributed by atoms with Crippen molar-refractivity contribution in [2.24, 2.45) is 0 Å². The highest BCUT2D eigenvalue weighted by atomic mass is 19.1. The number of hydrogen-bond donors (Lipinski definition) is 1. The highest BCUT2D eigenvalue weighted by Gasteiger charge is 2.39. The summed E-state index contributed by atoms with van der Waals surface area (Å²) in [4.78, 5) is 0. The summed E-state index contributed by atoms with van der Waals surface area (Å²) in [7, 11) is 0. The minimum absolute atomic E-state index is 0.220. The van der Waals surface area contributed by atoms with Crippen LogP contribution in [0.2, 0.25) is 0 Å². The molecule has 104 valence electrons. The predicted octanol–water partition coefficient (Wildman–Crippen LogP) is 3.41. The van der Waals surface area contributed by atoms with Crippen molar-refractivity contribution in [2.75, 3.05) is 6.54 Å². The molecule has 2 saturated carbocycles. The monoisotopic (exact) mass is 267 g/mol. The van der Waals surface area contributed by atoms with Crippen LogP contribution in [0.25, 0.3) is 0 Å². The van der Waals surface area contributed by atoms with Gasteiger partial charge in [0.25, 0.3) is 0 Å². The highest BCUT2D eigenvalue weighted by Crippen LogP contribution is 2.39. The van der Waals surface area contributed by atoms with Crippen LogP contribution in [0.1, 0.15) is 38.5 Å². The molecular formula is C15H19F2NO. The molecule has 2 fully saturated rings. The van der Waals surface area contributed by atoms with Gasteiger partial charge in [0.1, 0.15) is 23.0 Å². The Bertz CT molecular complexity index is 435. The number of ether oxygens (including phenoxy) is 1. The van der Waals surface area contributed by atoms with Crippen molar-refractivity contribution in [1.82, 2.24) is 5.32 Å². The Kier molecular flexibility index (Phi) is 3.44. The lowest BCUT2D eigenvalue weighted by Crippen LogP contribution is -2.45. The molecule has 0 amide bonds. The standard InChI is InChI=1S/C15H19F2NO/c16-11-8-12(17)10-14(9-11)19-15(4-1-5-15)6-7-18-13-2-3-13/h8-10,13,18H,1-7H2. The molecule has 0 saturated heterocycles. The molecule has 1 aromatic rings. The normalized spacial score (nSPS) is 20.9. The lowest BCUT2D eigenvalue weighted by molar-refractivity contribution is -0.0147. The van der Waals surface area contributed by atoms with Crippen molar-refractivity contribution < 1.29 is 13.5 Å². The van der Waals surface area contributed by atoms with Gasteiger partial charge in [-0.1, -0.05) is 0 Å². The quantitative estimate of drug-likeness (QED) is 0.853. The van der Waals surface area contributed by atoms with Crippen molar-refractivity contribution in [3.05, 3.63) is 29.8 Å². The van der Waals surface area contributed by atoms with Crippen LogP contribution >= 0.6 is 0 Å². The zero-order valence-electron chi connectivity index (χ0n) is 10.9. The van der Waals surface area contributed by atoms with Crippen LogP contribution in [-0.2, 0) is 0 Å². The van der Waals surface area contributed by atoms with Crippen LogP contribution in [0.5, 0.6) is 5.75 Å². The van der Waals surface area contributed by atoms with E-state index in [1.807, 2.05) is 0 Å². The van der Waals surface area contributed by atoms with E-state index in [0.717, 1.165) is 38.3 Å². The Labute approximate surface area is 112 Å². The molecule has 0 unspecified atom stereocenters. The molecule has 0 spiro atoms. The Morgan fingerprint density at radius 2 is 1.84 bits per heavy atom. The molecule has 0 aliphatic heterocycles. The van der Waals surface area contributed by atoms with Crippen molar-refractivity contribution in [2.45, 2.75) is 50.2 Å². The van der Waals surface area contributed by atoms with Gasteiger partial charge in [-0.3, -0.25) is 0 Å². The molecular weight excluding hydrogens is 248 g/mol. The molecule has 3 rings (SSSR count). The number of benzene rings is 1. The van der Waals surface area contributed by atoms with Gasteiger partial charge in [-0.15, -0.1) is 0 Å². The first-order valence-electron chi connectivity index (χ1n) is 7.04. The zero-order valence-corrected chi connectivity index (χ0v) is 10.9. The van der Waals surface area contributed by atoms with Gasteiger partial charge >= 0.3 is 0 Å². The second-order valence-electron chi connectivity index (χ2n) is 5.72. The first-order chi connectivity index (χ1) is 9.15. The number of rotatable bonds is 6. The van der Waals surface area contributed by atoms with Gasteiger partial charge in [0, 0.05) is 24.2 Å². The maximum atomic E-state index is 13.2. The SMILES string of the molecule is Fc1cc(F)cc(OC2(CCNC3CC3)CCC2)c1. The molecule has 2 aliphatic carbocycles. The van der Waals surface area contributed by atoms with Gasteiger partial charge in [0.05, 0.1) is 0 Å². The molecule has 2 nitrogen and oxygen atoms in total. The van der Waals surface area contributed by atoms with E-state index in [0.29, 0.717) is 11.8 Å². The van der Waals surface area contributed by atoms with Gasteiger partial charge < -0.3 is 10.1 Å². The van der Waals surface area contributed by atoms with E-state index in [9.17, 15) is 8.78 Å². The number of nitrogens with one attached hydrogen (secondary N) is 1. The van der Waals surface area contributed by atoms with Crippen LogP contribution in [-0.4, -0.2) is 18.2 Å². The Balaban J connectivity index is 1.60. The summed E-state index contributed by atoms with van der Waals surface area (Å²) in [5.41, 5.74) is -0.220. The lowest BCUT2D eigenvalue weighted by atomic mass is 9.77. The molecule has 0 aromatic heterocycles. The predicted molar refractivity (Wildman–Crippen MR) is 69.2 cm³/mol. The summed E-state index contributed by atoms with van der Waals surface area (Å²) in [6, 6.07) is 4.08. The smallest absolute Gasteiger partial charge is 0.129 e. The lowest BCUT2D eigenvalue weighted by Gasteiger charge is -2.42. The van der Waals surface area contributed by atoms with Crippen molar-refractivity contribution in [1.29, 1.82) is 0 Å². The second kappa shape index (κ2) is 5.08. The van der Waals surface area contributed by atoms with E-state index in [4.69, 9.17) is 4.74 Å². The fourth-order valence-electron chi connectivity index (χ4n) is 2.60. The van der Waals surface area contributed by atoms with E-state index in [2.05, 4.69) is 5.32 Å². The topological polar surface area (TPSA) is 21.3 Å². The molecule has 1 aromatic carbocycles. The van der Waals surface area contributed by atoms with E-state index in [1.54, 1.807) is 0 Å². The van der Waals surface area contributed by atoms with Gasteiger partial charge in [0.15, 0.2) is 0 Å². The number of halogens is 2. The minimum Gasteiger partial charge on any atom is -0.487 e. The largest absolute Gasteiger partial charge is 0.487 e. The van der Waals surface area contributed by atoms with Crippen LogP contribution in [0.4, 0.5) is 8.78 Å². The van der Waals surface area contributed by atoms with Crippen molar-refractivity contribution in [3.63, 3.8) is 0 Å². The third kappa shape index (κ3) is 3.24. The molecule has 19 heavy (non-hydrogen) atoms. The molecule has 0 atom stereocenters. The number of hydrogen-bond acceptors (Lipinski definition) is 2. The van der Waals surface area contributed by atoms with E-state index in [-0.39, 0.29) is 5.60 Å². The first-order valence-corrected chi connectivity index (χ1v) is 7.04. The Hall–Kier alpha value is -1.16. The van der Waals surface area contributed by atoms with Crippen molar-refractivity contribution >= 4 is 0 Å². The zero-order chi connectivity index (χ0) is 13.3. The molecule has 0 bridgehead atoms. The second-order valence-corrected chi connectivity index (χ2v) is 5.72. The summed E-state index contributed by atoms with van der Waals surface area (Å²) in [5.74, 6) is -0.857. The summed E-state index contributed by atoms with van der Waals surface area (Å²) < 4.78 is 32.2. The van der Waals surface area contributed by atoms with Crippen molar-refractivity contribution in [3.8, 4) is 5.75 Å². The molecule has 2 aliphatic rings. The van der Waals surface area contributed by atoms with Gasteiger partial charge in [-0.05, 0) is 45.1 Å². The molecule has 0 heterocycles. The fraction of sp³-hybridized carbons (Fsp3) is 0.600. The Morgan fingerprint density at radius 3 is 2.37 bits per heavy atom. The third-order valence-corrected chi connectivity index (χ3v) is 4.03. The van der Waals surface area contributed by atoms with Crippen LogP contribution in [0.3, 0.4) is 0 Å². The van der Waals surface area contributed by atoms with Gasteiger partial charge in [-0.2, -0.15) is 0 Å². The third-order valence-electron chi connectivity index (χ3n) is 4.03. The summed E-state index contributed by atoms with van der Waals surface area (Å²) in [5, 5.41) is 3.46. The first kappa shape index (κ1) is 12.9. The van der Waals surface area contributed by atoms with Gasteiger partial charge in [0.2, 0.25) is 0 Å². The highest BCUT2D eigenvalue weighted by molar-refractivity contribution is 5.25. The average Bonchev–Trinajstić information content (AvgIpc) is 3.08. The maximum Gasteiger partial charge on any atom is 0.129 e. The van der Waals surface area contributed by atoms with Crippen LogP contribution in [0, 0.1) is 11.6 Å². The summed E-state index contributed by atoms with van der Waals surface area (Å²) in [6.45, 7) is 0.919. The summed E-state index contributed by atoms with van der Waals surface area (Å²) in [6.07, 6.45) is 6.50. The van der Waals surface area contributed by atoms with E-state index in [1.165, 1.54) is 25.0 Å². The van der Waals surface area contributed by atoms with E-state index < -0.39 is 11.6 Å². The van der Waals surface area contributed by atoms with Gasteiger partial charge in [-0.25, -0.2) is 8.78 Å². The molecule has 0 radical (unpaired) electrons. The fourth-order valence-corrected chi connectivity index (χ4v) is 2.60. The van der Waals surface area contributed by atoms with Crippen LogP contribution < -0.4 is 10.1 Å². The van der Waals surface area contributed by atoms with E-state index >= 15 is 0 Å². The van der Waals surface area contributed by atoms with Crippen LogP contribution in [0.15, 0.2) is 18.2 Å². The minimum atomic E-state index is -0.583. The maximum absolute atomic E-state index is 13.2.